The van der Waals surface area contributed by atoms with Gasteiger partial charge in [0.2, 0.25) is 0 Å². The van der Waals surface area contributed by atoms with Gasteiger partial charge in [-0.1, -0.05) is 99.0 Å². The zero-order chi connectivity index (χ0) is 37.8. The van der Waals surface area contributed by atoms with E-state index in [2.05, 4.69) is 194 Å². The van der Waals surface area contributed by atoms with Crippen LogP contribution in [0, 0.1) is 0 Å². The summed E-state index contributed by atoms with van der Waals surface area (Å²) in [5, 5.41) is 7.96. The zero-order valence-electron chi connectivity index (χ0n) is 31.6. The Kier molecular flexibility index (Phi) is 7.47. The predicted octanol–water partition coefficient (Wildman–Crippen LogP) is 11.5. The summed E-state index contributed by atoms with van der Waals surface area (Å²) in [6.07, 6.45) is 0. The first kappa shape index (κ1) is 33.7. The van der Waals surface area contributed by atoms with Crippen molar-refractivity contribution in [1.29, 1.82) is 0 Å². The molecule has 0 aliphatic carbocycles. The molecule has 8 heteroatoms. The predicted molar refractivity (Wildman–Crippen MR) is 247 cm³/mol. The van der Waals surface area contributed by atoms with E-state index in [4.69, 9.17) is 9.97 Å². The first-order valence-corrected chi connectivity index (χ1v) is 26.8. The molecule has 0 radical (unpaired) electrons. The van der Waals surface area contributed by atoms with E-state index in [1.165, 1.54) is 54.9 Å². The average Bonchev–Trinajstić information content (AvgIpc) is 3.84. The van der Waals surface area contributed by atoms with Crippen molar-refractivity contribution in [2.75, 3.05) is 9.80 Å². The van der Waals surface area contributed by atoms with Crippen LogP contribution < -0.4 is 30.5 Å². The van der Waals surface area contributed by atoms with Crippen LogP contribution in [0.3, 0.4) is 0 Å². The maximum absolute atomic E-state index is 5.15. The Morgan fingerprint density at radius 1 is 0.393 bits per heavy atom. The first-order valence-electron chi connectivity index (χ1n) is 19.2. The summed E-state index contributed by atoms with van der Waals surface area (Å²) in [6.45, 7) is 9.86. The van der Waals surface area contributed by atoms with Crippen molar-refractivity contribution in [2.24, 2.45) is 0 Å². The maximum atomic E-state index is 5.15. The summed E-state index contributed by atoms with van der Waals surface area (Å²) in [4.78, 5) is 15.2. The molecular weight excluding hydrogens is 753 g/mol. The molecule has 2 aromatic heterocycles. The van der Waals surface area contributed by atoms with Crippen molar-refractivity contribution >= 4 is 114 Å². The maximum Gasteiger partial charge on any atom is 0.124 e. The average molecular weight is 791 g/mol. The summed E-state index contributed by atoms with van der Waals surface area (Å²) >= 11 is 3.48. The third-order valence-corrected chi connectivity index (χ3v) is 21.1. The summed E-state index contributed by atoms with van der Waals surface area (Å²) in [7, 11) is -3.63. The minimum atomic E-state index is -1.82. The quantitative estimate of drug-likeness (QED) is 0.166. The number of thiazole rings is 2. The standard InChI is InChI=1S/C48H38N4S2Si2/c1-55(2)43-17-9-5-13-37(43)51(38-14-6-10-18-44(38)55)33-25-21-31(22-26-33)47-49-35-29-42-36(30-41(35)53-47)50-48(54-42)32-23-27-34(28-24-32)52-39-15-7-11-19-45(39)56(3,4)46-20-12-8-16-40(46)52/h5-30H,1-4H3. The molecule has 0 N–H and O–H groups in total. The highest BCUT2D eigenvalue weighted by atomic mass is 32.1. The normalized spacial score (nSPS) is 15.0. The summed E-state index contributed by atoms with van der Waals surface area (Å²) < 4.78 is 2.31. The number of nitrogens with zero attached hydrogens (tertiary/aromatic N) is 4. The fourth-order valence-electron chi connectivity index (χ4n) is 9.00. The van der Waals surface area contributed by atoms with Crippen LogP contribution in [-0.2, 0) is 0 Å². The number of fused-ring (bicyclic) bond motifs is 6. The number of anilines is 6. The molecule has 11 rings (SSSR count). The molecule has 0 unspecified atom stereocenters. The van der Waals surface area contributed by atoms with Crippen molar-refractivity contribution in [3.05, 3.63) is 158 Å². The Bertz CT molecular complexity index is 2650. The molecule has 0 fully saturated rings. The molecule has 2 aliphatic rings. The third-order valence-electron chi connectivity index (χ3n) is 11.9. The molecule has 0 spiro atoms. The zero-order valence-corrected chi connectivity index (χ0v) is 35.2. The van der Waals surface area contributed by atoms with Gasteiger partial charge in [0, 0.05) is 45.3 Å². The topological polar surface area (TPSA) is 32.3 Å². The van der Waals surface area contributed by atoms with E-state index < -0.39 is 16.1 Å². The second kappa shape index (κ2) is 12.4. The van der Waals surface area contributed by atoms with E-state index in [1.807, 2.05) is 0 Å². The Morgan fingerprint density at radius 2 is 0.696 bits per heavy atom. The van der Waals surface area contributed by atoms with Gasteiger partial charge in [-0.3, -0.25) is 0 Å². The first-order chi connectivity index (χ1) is 27.3. The highest BCUT2D eigenvalue weighted by molar-refractivity contribution is 7.23. The molecule has 4 heterocycles. The molecule has 2 aliphatic heterocycles. The number of rotatable bonds is 4. The lowest BCUT2D eigenvalue weighted by molar-refractivity contribution is 1.28. The fourth-order valence-corrected chi connectivity index (χ4v) is 16.9. The van der Waals surface area contributed by atoms with Gasteiger partial charge in [0.25, 0.3) is 0 Å². The van der Waals surface area contributed by atoms with Crippen LogP contribution in [-0.4, -0.2) is 26.1 Å². The minimum Gasteiger partial charge on any atom is -0.311 e. The van der Waals surface area contributed by atoms with Crippen LogP contribution in [0.15, 0.2) is 158 Å². The third kappa shape index (κ3) is 5.06. The van der Waals surface area contributed by atoms with E-state index in [-0.39, 0.29) is 0 Å². The smallest absolute Gasteiger partial charge is 0.124 e. The summed E-state index contributed by atoms with van der Waals surface area (Å²) in [6, 6.07) is 58.1. The highest BCUT2D eigenvalue weighted by Gasteiger charge is 2.39. The number of aromatic nitrogens is 2. The van der Waals surface area contributed by atoms with Gasteiger partial charge in [-0.25, -0.2) is 9.97 Å². The molecule has 0 amide bonds. The monoisotopic (exact) mass is 790 g/mol. The Morgan fingerprint density at radius 3 is 1.02 bits per heavy atom. The van der Waals surface area contributed by atoms with Crippen LogP contribution in [0.1, 0.15) is 0 Å². The lowest BCUT2D eigenvalue weighted by atomic mass is 10.1. The van der Waals surface area contributed by atoms with Gasteiger partial charge >= 0.3 is 0 Å². The summed E-state index contributed by atoms with van der Waals surface area (Å²) in [5.74, 6) is 0. The van der Waals surface area contributed by atoms with Gasteiger partial charge in [0.1, 0.15) is 26.2 Å². The lowest BCUT2D eigenvalue weighted by Crippen LogP contribution is -2.58. The number of hydrogen-bond acceptors (Lipinski definition) is 6. The Hall–Kier alpha value is -5.65. The van der Waals surface area contributed by atoms with Gasteiger partial charge < -0.3 is 9.80 Å². The van der Waals surface area contributed by atoms with E-state index in [0.29, 0.717) is 0 Å². The second-order valence-corrected chi connectivity index (χ2v) is 26.6. The van der Waals surface area contributed by atoms with Gasteiger partial charge in [-0.15, -0.1) is 22.7 Å². The molecule has 9 aromatic rings. The van der Waals surface area contributed by atoms with Crippen molar-refractivity contribution in [2.45, 2.75) is 26.2 Å². The molecule has 0 saturated carbocycles. The Balaban J connectivity index is 0.889. The van der Waals surface area contributed by atoms with Crippen LogP contribution in [0.4, 0.5) is 34.1 Å². The molecule has 0 bridgehead atoms. The minimum absolute atomic E-state index is 1.02. The molecule has 0 saturated heterocycles. The molecule has 270 valence electrons. The molecular formula is C48H38N4S2Si2. The molecule has 56 heavy (non-hydrogen) atoms. The number of para-hydroxylation sites is 4. The second-order valence-electron chi connectivity index (χ2n) is 15.9. The Labute approximate surface area is 337 Å². The fraction of sp³-hybridized carbons (Fsp3) is 0.0833. The van der Waals surface area contributed by atoms with Gasteiger partial charge in [-0.2, -0.15) is 0 Å². The molecule has 0 atom stereocenters. The van der Waals surface area contributed by atoms with Crippen molar-refractivity contribution in [3.8, 4) is 21.1 Å². The van der Waals surface area contributed by atoms with Crippen molar-refractivity contribution in [3.63, 3.8) is 0 Å². The molecule has 4 nitrogen and oxygen atoms in total. The van der Waals surface area contributed by atoms with Crippen molar-refractivity contribution < 1.29 is 0 Å². The largest absolute Gasteiger partial charge is 0.311 e. The van der Waals surface area contributed by atoms with Crippen LogP contribution in [0.25, 0.3) is 41.6 Å². The van der Waals surface area contributed by atoms with Gasteiger partial charge in [-0.05, 0) is 106 Å². The lowest BCUT2D eigenvalue weighted by Gasteiger charge is -2.41. The van der Waals surface area contributed by atoms with Crippen LogP contribution >= 0.6 is 22.7 Å². The van der Waals surface area contributed by atoms with Crippen molar-refractivity contribution in [1.82, 2.24) is 9.97 Å². The SMILES string of the molecule is C[Si]1(C)c2ccccc2N(c2ccc(-c3nc4cc5sc(-c6ccc(N7c8ccccc8[Si](C)(C)c8ccccc87)cc6)nc5cc4s3)cc2)c2ccccc21. The van der Waals surface area contributed by atoms with E-state index in [9.17, 15) is 0 Å². The number of hydrogen-bond donors (Lipinski definition) is 0. The summed E-state index contributed by atoms with van der Waals surface area (Å²) in [5.41, 5.74) is 11.8. The van der Waals surface area contributed by atoms with Gasteiger partial charge in [0.05, 0.1) is 20.4 Å². The van der Waals surface area contributed by atoms with Crippen LogP contribution in [0.2, 0.25) is 26.2 Å². The number of benzene rings is 7. The van der Waals surface area contributed by atoms with Crippen LogP contribution in [0.5, 0.6) is 0 Å². The van der Waals surface area contributed by atoms with E-state index in [0.717, 1.165) is 41.6 Å². The van der Waals surface area contributed by atoms with E-state index >= 15 is 0 Å². The van der Waals surface area contributed by atoms with E-state index in [1.54, 1.807) is 22.7 Å². The van der Waals surface area contributed by atoms with Gasteiger partial charge in [0.15, 0.2) is 0 Å². The molecule has 7 aromatic carbocycles. The highest BCUT2D eigenvalue weighted by Crippen LogP contribution is 2.42.